The molecular formula is C12H22Cl2N4O4. The lowest BCUT2D eigenvalue weighted by Gasteiger charge is -2.23. The zero-order valence-corrected chi connectivity index (χ0v) is 13.6. The number of anilines is 2. The summed E-state index contributed by atoms with van der Waals surface area (Å²) in [7, 11) is 0. The highest BCUT2D eigenvalue weighted by Crippen LogP contribution is 2.29. The lowest BCUT2D eigenvalue weighted by atomic mass is 10.2. The molecule has 128 valence electrons. The number of nitro groups is 1. The minimum absolute atomic E-state index is 0. The lowest BCUT2D eigenvalue weighted by molar-refractivity contribution is -0.383. The van der Waals surface area contributed by atoms with Crippen LogP contribution in [0.3, 0.4) is 0 Å². The van der Waals surface area contributed by atoms with E-state index in [9.17, 15) is 10.1 Å². The number of nitro benzene ring substituents is 1. The number of halogens is 2. The Kier molecular flexibility index (Phi) is 12.8. The van der Waals surface area contributed by atoms with Gasteiger partial charge < -0.3 is 26.2 Å². The van der Waals surface area contributed by atoms with Crippen molar-refractivity contribution >= 4 is 41.9 Å². The second kappa shape index (κ2) is 12.2. The maximum Gasteiger partial charge on any atom is 0.294 e. The number of nitrogens with one attached hydrogen (secondary N) is 1. The Morgan fingerprint density at radius 1 is 1.23 bits per heavy atom. The molecule has 5 N–H and O–H groups in total. The molecule has 0 fully saturated rings. The van der Waals surface area contributed by atoms with Crippen molar-refractivity contribution in [2.75, 3.05) is 49.6 Å². The molecule has 0 bridgehead atoms. The van der Waals surface area contributed by atoms with Crippen LogP contribution in [0.2, 0.25) is 0 Å². The molecule has 0 radical (unpaired) electrons. The Labute approximate surface area is 141 Å². The molecule has 8 nitrogen and oxygen atoms in total. The number of hydrogen-bond donors (Lipinski definition) is 4. The van der Waals surface area contributed by atoms with E-state index in [-0.39, 0.29) is 43.7 Å². The summed E-state index contributed by atoms with van der Waals surface area (Å²) in [5.41, 5.74) is 6.29. The van der Waals surface area contributed by atoms with Crippen molar-refractivity contribution in [1.29, 1.82) is 0 Å². The predicted octanol–water partition coefficient (Wildman–Crippen LogP) is 0.600. The van der Waals surface area contributed by atoms with Crippen LogP contribution in [0.1, 0.15) is 0 Å². The molecule has 0 heterocycles. The summed E-state index contributed by atoms with van der Waals surface area (Å²) in [6.07, 6.45) is 0. The monoisotopic (exact) mass is 356 g/mol. The van der Waals surface area contributed by atoms with Gasteiger partial charge in [-0.3, -0.25) is 10.1 Å². The average molecular weight is 357 g/mol. The molecule has 0 saturated heterocycles. The van der Waals surface area contributed by atoms with Crippen molar-refractivity contribution < 1.29 is 15.1 Å². The van der Waals surface area contributed by atoms with E-state index in [4.69, 9.17) is 15.9 Å². The average Bonchev–Trinajstić information content (AvgIpc) is 2.44. The Hall–Kier alpha value is -1.32. The molecule has 0 aromatic heterocycles. The van der Waals surface area contributed by atoms with Gasteiger partial charge in [-0.1, -0.05) is 0 Å². The van der Waals surface area contributed by atoms with Gasteiger partial charge in [0.2, 0.25) is 0 Å². The second-order valence-electron chi connectivity index (χ2n) is 4.11. The van der Waals surface area contributed by atoms with Gasteiger partial charge in [0.15, 0.2) is 0 Å². The molecule has 0 saturated carbocycles. The highest BCUT2D eigenvalue weighted by atomic mass is 35.5. The fourth-order valence-electron chi connectivity index (χ4n) is 1.84. The van der Waals surface area contributed by atoms with Crippen LogP contribution in [0, 0.1) is 10.1 Å². The third kappa shape index (κ3) is 6.63. The third-order valence-electron chi connectivity index (χ3n) is 2.74. The summed E-state index contributed by atoms with van der Waals surface area (Å²) >= 11 is 0. The summed E-state index contributed by atoms with van der Waals surface area (Å²) in [6.45, 7) is 1.22. The smallest absolute Gasteiger partial charge is 0.294 e. The van der Waals surface area contributed by atoms with Gasteiger partial charge in [0.25, 0.3) is 5.69 Å². The van der Waals surface area contributed by atoms with Crippen LogP contribution >= 0.6 is 24.8 Å². The Bertz CT molecular complexity index is 445. The molecule has 22 heavy (non-hydrogen) atoms. The van der Waals surface area contributed by atoms with E-state index in [2.05, 4.69) is 5.32 Å². The van der Waals surface area contributed by atoms with Gasteiger partial charge in [-0.05, 0) is 12.1 Å². The van der Waals surface area contributed by atoms with Crippen molar-refractivity contribution in [3.8, 4) is 0 Å². The van der Waals surface area contributed by atoms with Gasteiger partial charge in [-0.25, -0.2) is 0 Å². The van der Waals surface area contributed by atoms with Gasteiger partial charge in [0.1, 0.15) is 5.69 Å². The Balaban J connectivity index is 0. The molecule has 1 aromatic carbocycles. The first kappa shape index (κ1) is 23.0. The van der Waals surface area contributed by atoms with Crippen LogP contribution in [0.5, 0.6) is 0 Å². The summed E-state index contributed by atoms with van der Waals surface area (Å²) in [4.78, 5) is 12.3. The van der Waals surface area contributed by atoms with Gasteiger partial charge in [0.05, 0.1) is 18.1 Å². The van der Waals surface area contributed by atoms with Gasteiger partial charge in [0, 0.05) is 37.9 Å². The number of benzene rings is 1. The van der Waals surface area contributed by atoms with E-state index in [0.29, 0.717) is 37.6 Å². The van der Waals surface area contributed by atoms with Crippen LogP contribution < -0.4 is 16.0 Å². The number of rotatable bonds is 9. The first-order chi connectivity index (χ1) is 9.63. The second-order valence-corrected chi connectivity index (χ2v) is 4.11. The zero-order valence-electron chi connectivity index (χ0n) is 12.0. The van der Waals surface area contributed by atoms with Crippen LogP contribution in [0.4, 0.5) is 17.1 Å². The minimum Gasteiger partial charge on any atom is -0.395 e. The number of nitrogens with two attached hydrogens (primary N) is 1. The van der Waals surface area contributed by atoms with E-state index in [0.717, 1.165) is 0 Å². The van der Waals surface area contributed by atoms with Crippen molar-refractivity contribution in [3.63, 3.8) is 0 Å². The quantitative estimate of drug-likeness (QED) is 0.377. The van der Waals surface area contributed by atoms with Crippen molar-refractivity contribution in [3.05, 3.63) is 28.3 Å². The van der Waals surface area contributed by atoms with Crippen molar-refractivity contribution in [2.45, 2.75) is 0 Å². The summed E-state index contributed by atoms with van der Waals surface area (Å²) in [6, 6.07) is 4.73. The van der Waals surface area contributed by atoms with E-state index in [1.54, 1.807) is 17.0 Å². The van der Waals surface area contributed by atoms with Gasteiger partial charge >= 0.3 is 0 Å². The first-order valence-electron chi connectivity index (χ1n) is 6.33. The maximum atomic E-state index is 11.1. The molecule has 0 aliphatic heterocycles. The zero-order chi connectivity index (χ0) is 15.0. The Morgan fingerprint density at radius 2 is 1.82 bits per heavy atom. The van der Waals surface area contributed by atoms with Crippen molar-refractivity contribution in [1.82, 2.24) is 0 Å². The number of hydrogen-bond acceptors (Lipinski definition) is 7. The van der Waals surface area contributed by atoms with E-state index < -0.39 is 4.92 Å². The molecule has 10 heteroatoms. The lowest BCUT2D eigenvalue weighted by Crippen LogP contribution is -2.29. The first-order valence-corrected chi connectivity index (χ1v) is 6.33. The molecular weight excluding hydrogens is 335 g/mol. The standard InChI is InChI=1S/C12H20N4O4.2ClH/c13-3-4-14-11-2-1-10(9-12(11)16(19)20)15(5-7-17)6-8-18;;/h1-2,9,14,17-18H,3-8,13H2;2*1H. The van der Waals surface area contributed by atoms with Crippen LogP contribution in [-0.4, -0.2) is 54.5 Å². The van der Waals surface area contributed by atoms with Gasteiger partial charge in [-0.2, -0.15) is 0 Å². The highest BCUT2D eigenvalue weighted by Gasteiger charge is 2.16. The SMILES string of the molecule is Cl.Cl.NCCNc1ccc(N(CCO)CCO)cc1[N+](=O)[O-]. The van der Waals surface area contributed by atoms with Crippen molar-refractivity contribution in [2.24, 2.45) is 5.73 Å². The molecule has 1 aromatic rings. The molecule has 0 atom stereocenters. The number of aliphatic hydroxyl groups excluding tert-OH is 2. The largest absolute Gasteiger partial charge is 0.395 e. The number of aliphatic hydroxyl groups is 2. The summed E-state index contributed by atoms with van der Waals surface area (Å²) in [5, 5.41) is 32.0. The minimum atomic E-state index is -0.474. The predicted molar refractivity (Wildman–Crippen MR) is 91.5 cm³/mol. The molecule has 0 aliphatic carbocycles. The number of nitrogens with zero attached hydrogens (tertiary/aromatic N) is 2. The Morgan fingerprint density at radius 3 is 2.27 bits per heavy atom. The molecule has 0 unspecified atom stereocenters. The van der Waals surface area contributed by atoms with E-state index in [1.807, 2.05) is 0 Å². The topological polar surface area (TPSA) is 125 Å². The van der Waals surface area contributed by atoms with Crippen LogP contribution in [0.25, 0.3) is 0 Å². The third-order valence-corrected chi connectivity index (χ3v) is 2.74. The van der Waals surface area contributed by atoms with E-state index in [1.165, 1.54) is 6.07 Å². The van der Waals surface area contributed by atoms with Crippen LogP contribution in [0.15, 0.2) is 18.2 Å². The molecule has 0 amide bonds. The maximum absolute atomic E-state index is 11.1. The molecule has 0 spiro atoms. The fraction of sp³-hybridized carbons (Fsp3) is 0.500. The normalized spacial score (nSPS) is 9.41. The summed E-state index contributed by atoms with van der Waals surface area (Å²) in [5.74, 6) is 0. The fourth-order valence-corrected chi connectivity index (χ4v) is 1.84. The molecule has 0 aliphatic rings. The van der Waals surface area contributed by atoms with Crippen LogP contribution in [-0.2, 0) is 0 Å². The highest BCUT2D eigenvalue weighted by molar-refractivity contribution is 5.85. The van der Waals surface area contributed by atoms with E-state index >= 15 is 0 Å². The molecule has 1 rings (SSSR count). The summed E-state index contributed by atoms with van der Waals surface area (Å²) < 4.78 is 0. The van der Waals surface area contributed by atoms with Gasteiger partial charge in [-0.15, -0.1) is 24.8 Å².